The van der Waals surface area contributed by atoms with E-state index in [1.54, 1.807) is 58.8 Å². The summed E-state index contributed by atoms with van der Waals surface area (Å²) in [6, 6.07) is 14.0. The summed E-state index contributed by atoms with van der Waals surface area (Å²) >= 11 is 0. The average Bonchev–Trinajstić information content (AvgIpc) is 2.53. The van der Waals surface area contributed by atoms with Crippen molar-refractivity contribution < 1.29 is 10.2 Å². The monoisotopic (exact) mass is 312 g/mol. The highest BCUT2D eigenvalue weighted by molar-refractivity contribution is 5.83. The van der Waals surface area contributed by atoms with E-state index >= 15 is 0 Å². The van der Waals surface area contributed by atoms with Crippen LogP contribution in [0.2, 0.25) is 0 Å². The molecular formula is C17H20N4O2. The van der Waals surface area contributed by atoms with Crippen molar-refractivity contribution in [2.75, 3.05) is 20.8 Å². The molecule has 0 heterocycles. The summed E-state index contributed by atoms with van der Waals surface area (Å²) < 4.78 is 0. The number of hydrogen-bond donors (Lipinski definition) is 2. The van der Waals surface area contributed by atoms with Crippen molar-refractivity contribution in [2.24, 2.45) is 10.2 Å². The number of phenols is 2. The second kappa shape index (κ2) is 7.84. The van der Waals surface area contributed by atoms with Crippen LogP contribution in [0.5, 0.6) is 11.5 Å². The fourth-order valence-electron chi connectivity index (χ4n) is 1.88. The molecule has 0 atom stereocenters. The number of phenolic OH excluding ortho intramolecular Hbond substituents is 2. The second-order valence-electron chi connectivity index (χ2n) is 5.06. The van der Waals surface area contributed by atoms with Crippen LogP contribution in [0, 0.1) is 0 Å². The number of nitrogens with zero attached hydrogens (tertiary/aromatic N) is 4. The van der Waals surface area contributed by atoms with Gasteiger partial charge in [0.1, 0.15) is 18.2 Å². The SMILES string of the molecule is CN(CN(C)/N=C/c1ccccc1O)/N=C\c1ccccc1O. The summed E-state index contributed by atoms with van der Waals surface area (Å²) in [6.45, 7) is 0.453. The molecule has 0 amide bonds. The summed E-state index contributed by atoms with van der Waals surface area (Å²) in [4.78, 5) is 0. The molecule has 6 nitrogen and oxygen atoms in total. The lowest BCUT2D eigenvalue weighted by molar-refractivity contribution is 0.196. The molecule has 0 aliphatic rings. The minimum absolute atomic E-state index is 0.190. The maximum absolute atomic E-state index is 9.67. The summed E-state index contributed by atoms with van der Waals surface area (Å²) in [5.74, 6) is 0.381. The Balaban J connectivity index is 1.91. The lowest BCUT2D eigenvalue weighted by Gasteiger charge is -2.19. The quantitative estimate of drug-likeness (QED) is 0.488. The fraction of sp³-hybridized carbons (Fsp3) is 0.176. The van der Waals surface area contributed by atoms with E-state index in [9.17, 15) is 10.2 Å². The number of para-hydroxylation sites is 2. The van der Waals surface area contributed by atoms with Crippen molar-refractivity contribution in [3.05, 3.63) is 59.7 Å². The number of hydrazone groups is 2. The van der Waals surface area contributed by atoms with Gasteiger partial charge in [0.25, 0.3) is 0 Å². The van der Waals surface area contributed by atoms with E-state index in [4.69, 9.17) is 0 Å². The second-order valence-corrected chi connectivity index (χ2v) is 5.06. The Morgan fingerprint density at radius 3 is 1.57 bits per heavy atom. The van der Waals surface area contributed by atoms with Gasteiger partial charge in [-0.15, -0.1) is 0 Å². The maximum Gasteiger partial charge on any atom is 0.124 e. The van der Waals surface area contributed by atoms with Crippen molar-refractivity contribution >= 4 is 12.4 Å². The third kappa shape index (κ3) is 5.03. The Hall–Kier alpha value is -3.02. The van der Waals surface area contributed by atoms with Crippen LogP contribution in [-0.2, 0) is 0 Å². The van der Waals surface area contributed by atoms with Gasteiger partial charge in [-0.2, -0.15) is 10.2 Å². The molecule has 0 saturated heterocycles. The van der Waals surface area contributed by atoms with Crippen molar-refractivity contribution in [1.29, 1.82) is 0 Å². The molecule has 0 unspecified atom stereocenters. The van der Waals surface area contributed by atoms with E-state index < -0.39 is 0 Å². The average molecular weight is 312 g/mol. The van der Waals surface area contributed by atoms with Gasteiger partial charge in [-0.05, 0) is 24.3 Å². The summed E-state index contributed by atoms with van der Waals surface area (Å²) in [7, 11) is 3.62. The lowest BCUT2D eigenvalue weighted by atomic mass is 10.2. The Labute approximate surface area is 135 Å². The molecule has 2 aromatic carbocycles. The third-order valence-electron chi connectivity index (χ3n) is 3.07. The van der Waals surface area contributed by atoms with Gasteiger partial charge >= 0.3 is 0 Å². The zero-order chi connectivity index (χ0) is 16.7. The van der Waals surface area contributed by atoms with Crippen LogP contribution in [0.3, 0.4) is 0 Å². The highest BCUT2D eigenvalue weighted by atomic mass is 16.3. The normalized spacial score (nSPS) is 11.2. The van der Waals surface area contributed by atoms with Gasteiger partial charge in [0.15, 0.2) is 0 Å². The molecule has 0 fully saturated rings. The number of benzene rings is 2. The maximum atomic E-state index is 9.67. The molecule has 2 N–H and O–H groups in total. The molecule has 0 saturated carbocycles. The first-order valence-electron chi connectivity index (χ1n) is 7.12. The molecule has 6 heteroatoms. The highest BCUT2D eigenvalue weighted by Gasteiger charge is 2.00. The van der Waals surface area contributed by atoms with E-state index in [1.165, 1.54) is 0 Å². The van der Waals surface area contributed by atoms with Gasteiger partial charge in [-0.1, -0.05) is 24.3 Å². The molecule has 0 aliphatic carbocycles. The summed E-state index contributed by atoms with van der Waals surface area (Å²) in [5.41, 5.74) is 1.31. The minimum atomic E-state index is 0.190. The predicted molar refractivity (Wildman–Crippen MR) is 91.8 cm³/mol. The minimum Gasteiger partial charge on any atom is -0.507 e. The summed E-state index contributed by atoms with van der Waals surface area (Å²) in [6.07, 6.45) is 3.19. The van der Waals surface area contributed by atoms with Crippen LogP contribution in [0.25, 0.3) is 0 Å². The van der Waals surface area contributed by atoms with Gasteiger partial charge in [0.2, 0.25) is 0 Å². The van der Waals surface area contributed by atoms with Crippen LogP contribution in [0.4, 0.5) is 0 Å². The van der Waals surface area contributed by atoms with Gasteiger partial charge < -0.3 is 10.2 Å². The Kier molecular flexibility index (Phi) is 5.57. The molecule has 0 bridgehead atoms. The van der Waals surface area contributed by atoms with Gasteiger partial charge in [0.05, 0.1) is 12.4 Å². The number of hydrogen-bond acceptors (Lipinski definition) is 6. The molecule has 0 aromatic heterocycles. The molecule has 120 valence electrons. The van der Waals surface area contributed by atoms with E-state index in [-0.39, 0.29) is 11.5 Å². The molecular weight excluding hydrogens is 292 g/mol. The van der Waals surface area contributed by atoms with Crippen molar-refractivity contribution in [2.45, 2.75) is 0 Å². The van der Waals surface area contributed by atoms with Crippen LogP contribution >= 0.6 is 0 Å². The fourth-order valence-corrected chi connectivity index (χ4v) is 1.88. The molecule has 2 aromatic rings. The van der Waals surface area contributed by atoms with Crippen molar-refractivity contribution in [3.8, 4) is 11.5 Å². The largest absolute Gasteiger partial charge is 0.507 e. The first kappa shape index (κ1) is 16.4. The zero-order valence-electron chi connectivity index (χ0n) is 13.2. The van der Waals surface area contributed by atoms with Gasteiger partial charge in [0, 0.05) is 25.2 Å². The molecule has 2 rings (SSSR count). The van der Waals surface area contributed by atoms with Crippen LogP contribution < -0.4 is 0 Å². The van der Waals surface area contributed by atoms with Crippen LogP contribution in [0.15, 0.2) is 58.7 Å². The molecule has 0 radical (unpaired) electrons. The third-order valence-corrected chi connectivity index (χ3v) is 3.07. The van der Waals surface area contributed by atoms with E-state index in [1.807, 2.05) is 26.2 Å². The first-order chi connectivity index (χ1) is 11.1. The van der Waals surface area contributed by atoms with Crippen LogP contribution in [-0.4, -0.2) is 53.4 Å². The number of aromatic hydroxyl groups is 2. The van der Waals surface area contributed by atoms with Gasteiger partial charge in [-0.3, -0.25) is 10.0 Å². The first-order valence-corrected chi connectivity index (χ1v) is 7.12. The van der Waals surface area contributed by atoms with Crippen molar-refractivity contribution in [1.82, 2.24) is 10.0 Å². The topological polar surface area (TPSA) is 71.7 Å². The zero-order valence-corrected chi connectivity index (χ0v) is 13.2. The van der Waals surface area contributed by atoms with E-state index in [2.05, 4.69) is 10.2 Å². The molecule has 0 aliphatic heterocycles. The molecule has 23 heavy (non-hydrogen) atoms. The van der Waals surface area contributed by atoms with Gasteiger partial charge in [-0.25, -0.2) is 0 Å². The lowest BCUT2D eigenvalue weighted by Crippen LogP contribution is -2.26. The molecule has 0 spiro atoms. The van der Waals surface area contributed by atoms with E-state index in [0.717, 1.165) is 0 Å². The van der Waals surface area contributed by atoms with E-state index in [0.29, 0.717) is 17.8 Å². The van der Waals surface area contributed by atoms with Crippen molar-refractivity contribution in [3.63, 3.8) is 0 Å². The van der Waals surface area contributed by atoms with Crippen LogP contribution in [0.1, 0.15) is 11.1 Å². The number of rotatable bonds is 6. The Morgan fingerprint density at radius 2 is 1.17 bits per heavy atom. The highest BCUT2D eigenvalue weighted by Crippen LogP contribution is 2.13. The predicted octanol–water partition coefficient (Wildman–Crippen LogP) is 2.29. The smallest absolute Gasteiger partial charge is 0.124 e. The Morgan fingerprint density at radius 1 is 0.783 bits per heavy atom. The summed E-state index contributed by atoms with van der Waals surface area (Å²) in [5, 5.41) is 31.2. The standard InChI is InChI=1S/C17H20N4O2/c1-20(18-11-14-7-3-5-9-16(14)22)13-21(2)19-12-15-8-4-6-10-17(15)23/h3-12,22-23H,13H2,1-2H3/b18-11-,19-12+. The Bertz CT molecular complexity index is 641.